The Morgan fingerprint density at radius 3 is 2.12 bits per heavy atom. The van der Waals surface area contributed by atoms with Crippen molar-refractivity contribution in [3.05, 3.63) is 139 Å². The van der Waals surface area contributed by atoms with Crippen molar-refractivity contribution < 1.29 is 0 Å². The molecule has 0 saturated carbocycles. The van der Waals surface area contributed by atoms with Crippen molar-refractivity contribution in [3.8, 4) is 27.9 Å². The van der Waals surface area contributed by atoms with Gasteiger partial charge in [-0.3, -0.25) is 9.97 Å². The van der Waals surface area contributed by atoms with Gasteiger partial charge in [0.1, 0.15) is 5.52 Å². The highest BCUT2D eigenvalue weighted by Gasteiger charge is 2.35. The van der Waals surface area contributed by atoms with E-state index in [1.807, 2.05) is 0 Å². The van der Waals surface area contributed by atoms with Crippen molar-refractivity contribution in [2.45, 2.75) is 19.3 Å². The van der Waals surface area contributed by atoms with Gasteiger partial charge in [-0.15, -0.1) is 0 Å². The summed E-state index contributed by atoms with van der Waals surface area (Å²) in [6.07, 6.45) is 3.61. The third-order valence-corrected chi connectivity index (χ3v) is 9.28. The maximum Gasteiger partial charge on any atom is 0.113 e. The summed E-state index contributed by atoms with van der Waals surface area (Å²) in [6.45, 7) is 4.64. The molecule has 198 valence electrons. The minimum atomic E-state index is -0.0170. The van der Waals surface area contributed by atoms with Crippen LogP contribution in [0.1, 0.15) is 25.0 Å². The summed E-state index contributed by atoms with van der Waals surface area (Å²) in [5.41, 5.74) is 12.8. The quantitative estimate of drug-likeness (QED) is 0.220. The first-order valence-electron chi connectivity index (χ1n) is 14.5. The highest BCUT2D eigenvalue weighted by atomic mass is 15.0. The van der Waals surface area contributed by atoms with E-state index in [0.29, 0.717) is 0 Å². The van der Waals surface area contributed by atoms with Gasteiger partial charge in [0.2, 0.25) is 0 Å². The Labute approximate surface area is 243 Å². The van der Waals surface area contributed by atoms with Gasteiger partial charge in [0.05, 0.1) is 22.2 Å². The van der Waals surface area contributed by atoms with E-state index in [-0.39, 0.29) is 5.41 Å². The van der Waals surface area contributed by atoms with Gasteiger partial charge >= 0.3 is 0 Å². The van der Waals surface area contributed by atoms with E-state index < -0.39 is 0 Å². The van der Waals surface area contributed by atoms with Gasteiger partial charge in [0.25, 0.3) is 0 Å². The van der Waals surface area contributed by atoms with E-state index in [0.717, 1.165) is 27.8 Å². The van der Waals surface area contributed by atoms with Crippen LogP contribution in [-0.2, 0) is 5.41 Å². The van der Waals surface area contributed by atoms with Crippen molar-refractivity contribution in [2.75, 3.05) is 0 Å². The molecule has 0 N–H and O–H groups in total. The van der Waals surface area contributed by atoms with Crippen molar-refractivity contribution in [3.63, 3.8) is 0 Å². The highest BCUT2D eigenvalue weighted by Crippen LogP contribution is 2.50. The molecule has 0 atom stereocenters. The zero-order chi connectivity index (χ0) is 28.0. The van der Waals surface area contributed by atoms with E-state index in [1.54, 1.807) is 12.4 Å². The predicted molar refractivity (Wildman–Crippen MR) is 174 cm³/mol. The number of benzene rings is 6. The Balaban J connectivity index is 1.31. The average Bonchev–Trinajstić information content (AvgIpc) is 3.47. The van der Waals surface area contributed by atoms with Crippen LogP contribution in [0.3, 0.4) is 0 Å². The molecular formula is C39H27N3. The van der Waals surface area contributed by atoms with Gasteiger partial charge in [0.15, 0.2) is 0 Å². The molecule has 9 rings (SSSR count). The molecule has 6 aromatic carbocycles. The predicted octanol–water partition coefficient (Wildman–Crippen LogP) is 9.85. The molecule has 42 heavy (non-hydrogen) atoms. The van der Waals surface area contributed by atoms with Crippen LogP contribution >= 0.6 is 0 Å². The number of hydrogen-bond acceptors (Lipinski definition) is 2. The second-order valence-electron chi connectivity index (χ2n) is 11.9. The zero-order valence-corrected chi connectivity index (χ0v) is 23.5. The first-order valence-corrected chi connectivity index (χ1v) is 14.5. The topological polar surface area (TPSA) is 30.7 Å². The van der Waals surface area contributed by atoms with Gasteiger partial charge in [-0.1, -0.05) is 92.7 Å². The second kappa shape index (κ2) is 8.37. The van der Waals surface area contributed by atoms with E-state index in [9.17, 15) is 0 Å². The van der Waals surface area contributed by atoms with Gasteiger partial charge in [-0.05, 0) is 75.0 Å². The fourth-order valence-electron chi connectivity index (χ4n) is 7.26. The second-order valence-corrected chi connectivity index (χ2v) is 11.9. The number of para-hydroxylation sites is 1. The first kappa shape index (κ1) is 23.4. The van der Waals surface area contributed by atoms with E-state index in [1.165, 1.54) is 54.8 Å². The molecule has 1 aliphatic carbocycles. The summed E-state index contributed by atoms with van der Waals surface area (Å²) in [5.74, 6) is 0. The molecule has 0 radical (unpaired) electrons. The van der Waals surface area contributed by atoms with Crippen molar-refractivity contribution >= 4 is 43.6 Å². The Bertz CT molecular complexity index is 2390. The minimum absolute atomic E-state index is 0.0170. The third-order valence-electron chi connectivity index (χ3n) is 9.28. The fourth-order valence-corrected chi connectivity index (χ4v) is 7.26. The summed E-state index contributed by atoms with van der Waals surface area (Å²) in [6, 6.07) is 42.0. The average molecular weight is 538 g/mol. The minimum Gasteiger partial charge on any atom is -0.307 e. The smallest absolute Gasteiger partial charge is 0.113 e. The number of fused-ring (bicyclic) bond motifs is 8. The summed E-state index contributed by atoms with van der Waals surface area (Å²) in [4.78, 5) is 9.88. The Morgan fingerprint density at radius 1 is 0.524 bits per heavy atom. The lowest BCUT2D eigenvalue weighted by molar-refractivity contribution is 0.660. The van der Waals surface area contributed by atoms with Crippen LogP contribution in [0.4, 0.5) is 0 Å². The lowest BCUT2D eigenvalue weighted by Gasteiger charge is -2.21. The highest BCUT2D eigenvalue weighted by molar-refractivity contribution is 6.14. The zero-order valence-electron chi connectivity index (χ0n) is 23.5. The molecule has 2 heterocycles. The molecule has 0 fully saturated rings. The van der Waals surface area contributed by atoms with Gasteiger partial charge in [0, 0.05) is 34.1 Å². The maximum atomic E-state index is 4.95. The summed E-state index contributed by atoms with van der Waals surface area (Å²) >= 11 is 0. The fraction of sp³-hybridized carbons (Fsp3) is 0.0769. The number of aromatic nitrogens is 3. The molecule has 3 nitrogen and oxygen atoms in total. The molecule has 2 aromatic heterocycles. The maximum absolute atomic E-state index is 4.95. The normalized spacial score (nSPS) is 13.7. The Kier molecular flexibility index (Phi) is 4.67. The molecule has 0 saturated heterocycles. The molecule has 0 bridgehead atoms. The first-order chi connectivity index (χ1) is 20.6. The van der Waals surface area contributed by atoms with Crippen LogP contribution < -0.4 is 0 Å². The van der Waals surface area contributed by atoms with Crippen LogP contribution in [0.15, 0.2) is 128 Å². The van der Waals surface area contributed by atoms with Crippen LogP contribution in [-0.4, -0.2) is 14.5 Å². The lowest BCUT2D eigenvalue weighted by atomic mass is 9.82. The molecule has 0 unspecified atom stereocenters. The Morgan fingerprint density at radius 2 is 1.24 bits per heavy atom. The van der Waals surface area contributed by atoms with Gasteiger partial charge in [-0.25, -0.2) is 0 Å². The summed E-state index contributed by atoms with van der Waals surface area (Å²) < 4.78 is 2.36. The Hall–Kier alpha value is -5.28. The van der Waals surface area contributed by atoms with Crippen LogP contribution in [0.25, 0.3) is 71.6 Å². The number of hydrogen-bond donors (Lipinski definition) is 0. The largest absolute Gasteiger partial charge is 0.307 e. The molecule has 0 amide bonds. The molecule has 0 spiro atoms. The van der Waals surface area contributed by atoms with E-state index >= 15 is 0 Å². The van der Waals surface area contributed by atoms with Crippen LogP contribution in [0.2, 0.25) is 0 Å². The van der Waals surface area contributed by atoms with E-state index in [2.05, 4.69) is 134 Å². The standard InChI is InChI=1S/C39H27N3/c1-39(2)32-13-7-5-11-28(32)30-22-26(15-17-33(30)39)27-16-18-35(38-37(27)40-19-20-41-38)42-34-14-8-6-12-29(34)31-21-24-9-3-4-10-25(24)23-36(31)42/h3-23H,1-2H3. The molecule has 3 heteroatoms. The summed E-state index contributed by atoms with van der Waals surface area (Å²) in [7, 11) is 0. The van der Waals surface area contributed by atoms with Crippen LogP contribution in [0, 0.1) is 0 Å². The monoisotopic (exact) mass is 537 g/mol. The van der Waals surface area contributed by atoms with Crippen molar-refractivity contribution in [2.24, 2.45) is 0 Å². The van der Waals surface area contributed by atoms with Crippen molar-refractivity contribution in [1.29, 1.82) is 0 Å². The molecule has 1 aliphatic rings. The molecular weight excluding hydrogens is 510 g/mol. The SMILES string of the molecule is CC1(C)c2ccccc2-c2cc(-c3ccc(-n4c5ccccc5c5cc6ccccc6cc54)c4nccnc34)ccc21. The number of rotatable bonds is 2. The number of nitrogens with zero attached hydrogens (tertiary/aromatic N) is 3. The van der Waals surface area contributed by atoms with Gasteiger partial charge in [-0.2, -0.15) is 0 Å². The third kappa shape index (κ3) is 3.11. The molecule has 8 aromatic rings. The van der Waals surface area contributed by atoms with E-state index in [4.69, 9.17) is 9.97 Å². The van der Waals surface area contributed by atoms with Crippen molar-refractivity contribution in [1.82, 2.24) is 14.5 Å². The van der Waals surface area contributed by atoms with Gasteiger partial charge < -0.3 is 4.57 Å². The lowest BCUT2D eigenvalue weighted by Crippen LogP contribution is -2.14. The van der Waals surface area contributed by atoms with Crippen LogP contribution in [0.5, 0.6) is 0 Å². The molecule has 0 aliphatic heterocycles. The summed E-state index contributed by atoms with van der Waals surface area (Å²) in [5, 5.41) is 4.95.